The molecule has 11 nitrogen and oxygen atoms in total. The van der Waals surface area contributed by atoms with Crippen LogP contribution >= 0.6 is 0 Å². The van der Waals surface area contributed by atoms with Crippen molar-refractivity contribution < 1.29 is 19.5 Å². The largest absolute Gasteiger partial charge is 0.493 e. The first kappa shape index (κ1) is 30.0. The summed E-state index contributed by atoms with van der Waals surface area (Å²) in [6, 6.07) is 9.99. The molecule has 0 unspecified atom stereocenters. The van der Waals surface area contributed by atoms with Crippen LogP contribution in [0.25, 0.3) is 11.3 Å². The van der Waals surface area contributed by atoms with Crippen molar-refractivity contribution in [2.75, 3.05) is 20.8 Å². The lowest BCUT2D eigenvalue weighted by atomic mass is 9.88. The van der Waals surface area contributed by atoms with Gasteiger partial charge in [0.05, 0.1) is 25.6 Å². The zero-order valence-electron chi connectivity index (χ0n) is 24.8. The van der Waals surface area contributed by atoms with Crippen molar-refractivity contribution in [2.45, 2.75) is 53.9 Å². The number of aromatic nitrogens is 2. The standard InChI is InChI=1S/C28H38B2N6O5/c1-17-12-18(2)26(19(3)13-17)32-25-16-22-21-15-24(41-7)23(40-6)14-20(21)8-10-35(22)28(37)36(25)11-9-31-27(33-29(4)38)34-30(5)39/h12-16,38-39H,8-11H2,1-7H3,(H2,31,33,34)/b32-25+. The van der Waals surface area contributed by atoms with E-state index in [9.17, 15) is 14.8 Å². The van der Waals surface area contributed by atoms with E-state index in [1.165, 1.54) is 6.82 Å². The lowest BCUT2D eigenvalue weighted by Gasteiger charge is -2.25. The zero-order chi connectivity index (χ0) is 29.8. The minimum Gasteiger partial charge on any atom is -0.493 e. The van der Waals surface area contributed by atoms with Gasteiger partial charge in [-0.1, -0.05) is 17.7 Å². The van der Waals surface area contributed by atoms with Gasteiger partial charge in [-0.15, -0.1) is 0 Å². The first-order valence-corrected chi connectivity index (χ1v) is 13.7. The van der Waals surface area contributed by atoms with Crippen molar-refractivity contribution in [3.8, 4) is 22.8 Å². The fourth-order valence-corrected chi connectivity index (χ4v) is 5.23. The molecule has 0 radical (unpaired) electrons. The summed E-state index contributed by atoms with van der Waals surface area (Å²) in [6.45, 7) is 10.2. The number of nitrogens with zero attached hydrogens (tertiary/aromatic N) is 4. The summed E-state index contributed by atoms with van der Waals surface area (Å²) in [7, 11) is 1.35. The molecule has 1 aliphatic heterocycles. The Morgan fingerprint density at radius 1 is 1.02 bits per heavy atom. The van der Waals surface area contributed by atoms with Crippen LogP contribution < -0.4 is 31.2 Å². The SMILES string of the molecule is COc1cc2c(cc1OC)-c1c/c(=N\c3c(C)cc(C)cc3C)n(CCN/C(=N/B(C)O)NB(C)O)c(=O)n1CC2. The molecule has 41 heavy (non-hydrogen) atoms. The van der Waals surface area contributed by atoms with Crippen molar-refractivity contribution in [1.82, 2.24) is 19.7 Å². The fraction of sp³-hybridized carbons (Fsp3) is 0.393. The van der Waals surface area contributed by atoms with Crippen molar-refractivity contribution in [3.05, 3.63) is 68.6 Å². The second kappa shape index (κ2) is 12.7. The highest BCUT2D eigenvalue weighted by atomic mass is 16.5. The van der Waals surface area contributed by atoms with Crippen molar-refractivity contribution >= 4 is 25.7 Å². The summed E-state index contributed by atoms with van der Waals surface area (Å²) in [5.41, 5.74) is 7.05. The predicted molar refractivity (Wildman–Crippen MR) is 163 cm³/mol. The smallest absolute Gasteiger partial charge is 0.431 e. The molecule has 0 saturated heterocycles. The molecule has 0 spiro atoms. The van der Waals surface area contributed by atoms with Crippen LogP contribution in [0.5, 0.6) is 11.5 Å². The molecule has 216 valence electrons. The van der Waals surface area contributed by atoms with Gasteiger partial charge >= 0.3 is 19.8 Å². The molecule has 1 aliphatic rings. The number of guanidine groups is 1. The van der Waals surface area contributed by atoms with E-state index in [2.05, 4.69) is 27.6 Å². The van der Waals surface area contributed by atoms with Gasteiger partial charge < -0.3 is 30.1 Å². The Bertz CT molecular complexity index is 1570. The van der Waals surface area contributed by atoms with E-state index in [0.717, 1.165) is 39.2 Å². The number of ether oxygens (including phenoxy) is 2. The van der Waals surface area contributed by atoms with E-state index >= 15 is 0 Å². The monoisotopic (exact) mass is 560 g/mol. The Labute approximate surface area is 240 Å². The number of nitrogens with one attached hydrogen (secondary N) is 2. The van der Waals surface area contributed by atoms with Crippen LogP contribution in [0.4, 0.5) is 5.69 Å². The van der Waals surface area contributed by atoms with E-state index < -0.39 is 14.1 Å². The lowest BCUT2D eigenvalue weighted by molar-refractivity contribution is 0.354. The third kappa shape index (κ3) is 6.68. The molecule has 4 N–H and O–H groups in total. The van der Waals surface area contributed by atoms with Gasteiger partial charge in [-0.05, 0) is 69.7 Å². The summed E-state index contributed by atoms with van der Waals surface area (Å²) in [5.74, 6) is 1.47. The maximum Gasteiger partial charge on any atom is 0.431 e. The minimum absolute atomic E-state index is 0.191. The molecule has 1 aromatic heterocycles. The van der Waals surface area contributed by atoms with Gasteiger partial charge in [0.1, 0.15) is 5.49 Å². The first-order valence-electron chi connectivity index (χ1n) is 13.7. The molecule has 2 heterocycles. The van der Waals surface area contributed by atoms with Gasteiger partial charge in [-0.3, -0.25) is 14.0 Å². The fourth-order valence-electron chi connectivity index (χ4n) is 5.23. The van der Waals surface area contributed by atoms with Gasteiger partial charge in [0, 0.05) is 31.3 Å². The average molecular weight is 560 g/mol. The van der Waals surface area contributed by atoms with E-state index in [4.69, 9.17) is 14.5 Å². The Kier molecular flexibility index (Phi) is 9.29. The van der Waals surface area contributed by atoms with Gasteiger partial charge in [-0.2, -0.15) is 0 Å². The molecular weight excluding hydrogens is 522 g/mol. The van der Waals surface area contributed by atoms with Crippen LogP contribution in [0.2, 0.25) is 13.6 Å². The Hall–Kier alpha value is -3.96. The number of benzene rings is 2. The molecule has 0 atom stereocenters. The Morgan fingerprint density at radius 3 is 2.29 bits per heavy atom. The summed E-state index contributed by atoms with van der Waals surface area (Å²) in [5, 5.41) is 25.3. The zero-order valence-corrected chi connectivity index (χ0v) is 24.8. The summed E-state index contributed by atoms with van der Waals surface area (Å²) < 4.78 is 14.5. The topological polar surface area (TPSA) is 135 Å². The number of hydrogen-bond donors (Lipinski definition) is 4. The molecule has 0 aliphatic carbocycles. The highest BCUT2D eigenvalue weighted by molar-refractivity contribution is 6.52. The van der Waals surface area contributed by atoms with Crippen LogP contribution in [-0.2, 0) is 19.5 Å². The molecule has 3 aromatic rings. The van der Waals surface area contributed by atoms with Crippen molar-refractivity contribution in [2.24, 2.45) is 9.90 Å². The van der Waals surface area contributed by atoms with Gasteiger partial charge in [0.25, 0.3) is 0 Å². The maximum atomic E-state index is 14.0. The van der Waals surface area contributed by atoms with Crippen LogP contribution in [-0.4, -0.2) is 60.0 Å². The van der Waals surface area contributed by atoms with Crippen LogP contribution in [0.15, 0.2) is 45.0 Å². The minimum atomic E-state index is -0.973. The number of rotatable bonds is 8. The third-order valence-corrected chi connectivity index (χ3v) is 6.94. The molecule has 13 heteroatoms. The van der Waals surface area contributed by atoms with Gasteiger partial charge in [-0.25, -0.2) is 9.79 Å². The number of aryl methyl sites for hydroxylation is 4. The van der Waals surface area contributed by atoms with Crippen molar-refractivity contribution in [1.29, 1.82) is 0 Å². The molecule has 0 saturated carbocycles. The summed E-state index contributed by atoms with van der Waals surface area (Å²) in [4.78, 5) is 23.1. The lowest BCUT2D eigenvalue weighted by Crippen LogP contribution is -2.48. The van der Waals surface area contributed by atoms with Crippen molar-refractivity contribution in [3.63, 3.8) is 0 Å². The third-order valence-electron chi connectivity index (χ3n) is 6.94. The molecule has 4 rings (SSSR count). The van der Waals surface area contributed by atoms with E-state index in [1.54, 1.807) is 30.2 Å². The molecular formula is C28H38B2N6O5. The predicted octanol–water partition coefficient (Wildman–Crippen LogP) is 1.80. The van der Waals surface area contributed by atoms with E-state index in [0.29, 0.717) is 36.5 Å². The number of methoxy groups -OCH3 is 2. The second-order valence-corrected chi connectivity index (χ2v) is 10.3. The maximum absolute atomic E-state index is 14.0. The average Bonchev–Trinajstić information content (AvgIpc) is 2.90. The Morgan fingerprint density at radius 2 is 1.68 bits per heavy atom. The normalized spacial score (nSPS) is 12.9. The molecule has 0 fully saturated rings. The van der Waals surface area contributed by atoms with Gasteiger partial charge in [0.2, 0.25) is 0 Å². The highest BCUT2D eigenvalue weighted by Gasteiger charge is 2.22. The molecule has 0 amide bonds. The van der Waals surface area contributed by atoms with Gasteiger partial charge in [0.15, 0.2) is 17.5 Å². The van der Waals surface area contributed by atoms with E-state index in [1.807, 2.05) is 39.0 Å². The van der Waals surface area contributed by atoms with Crippen LogP contribution in [0, 0.1) is 20.8 Å². The number of fused-ring (bicyclic) bond motifs is 3. The highest BCUT2D eigenvalue weighted by Crippen LogP contribution is 2.37. The quantitative estimate of drug-likeness (QED) is 0.188. The number of hydrogen-bond acceptors (Lipinski definition) is 7. The van der Waals surface area contributed by atoms with E-state index in [-0.39, 0.29) is 18.2 Å². The summed E-state index contributed by atoms with van der Waals surface area (Å²) >= 11 is 0. The molecule has 2 aromatic carbocycles. The van der Waals surface area contributed by atoms with Crippen LogP contribution in [0.3, 0.4) is 0 Å². The van der Waals surface area contributed by atoms with Crippen LogP contribution in [0.1, 0.15) is 22.3 Å². The second-order valence-electron chi connectivity index (χ2n) is 10.3. The molecule has 0 bridgehead atoms. The Balaban J connectivity index is 1.87. The summed E-state index contributed by atoms with van der Waals surface area (Å²) in [6.07, 6.45) is 0.664. The first-order chi connectivity index (χ1) is 19.5.